The molecule has 0 radical (unpaired) electrons. The van der Waals surface area contributed by atoms with E-state index in [2.05, 4.69) is 20.3 Å². The van der Waals surface area contributed by atoms with E-state index in [0.717, 1.165) is 5.56 Å². The van der Waals surface area contributed by atoms with E-state index in [0.29, 0.717) is 41.4 Å². The topological polar surface area (TPSA) is 124 Å². The molecule has 3 atom stereocenters. The van der Waals surface area contributed by atoms with Crippen molar-refractivity contribution in [2.45, 2.75) is 31.4 Å². The first-order valence-corrected chi connectivity index (χ1v) is 9.22. The minimum absolute atomic E-state index is 0.242. The second-order valence-corrected chi connectivity index (χ2v) is 6.67. The van der Waals surface area contributed by atoms with Gasteiger partial charge in [0.2, 0.25) is 0 Å². The predicted molar refractivity (Wildman–Crippen MR) is 104 cm³/mol. The number of fused-ring (bicyclic) bond motifs is 1. The van der Waals surface area contributed by atoms with E-state index in [1.807, 2.05) is 18.2 Å². The van der Waals surface area contributed by atoms with Gasteiger partial charge >= 0.3 is 0 Å². The highest BCUT2D eigenvalue weighted by Gasteiger charge is 2.35. The summed E-state index contributed by atoms with van der Waals surface area (Å²) in [6, 6.07) is 5.67. The minimum Gasteiger partial charge on any atom is -0.493 e. The number of hydrogen-bond donors (Lipinski definition) is 3. The van der Waals surface area contributed by atoms with Crippen LogP contribution in [0.2, 0.25) is 0 Å². The van der Waals surface area contributed by atoms with Crippen molar-refractivity contribution in [2.24, 2.45) is 0 Å². The number of aliphatic hydroxyl groups excluding tert-OH is 2. The van der Waals surface area contributed by atoms with E-state index in [9.17, 15) is 10.2 Å². The first kappa shape index (κ1) is 19.4. The maximum Gasteiger partial charge on any atom is 0.167 e. The molecule has 2 aromatic heterocycles. The fourth-order valence-corrected chi connectivity index (χ4v) is 3.51. The number of hydrogen-bond acceptors (Lipinski definition) is 9. The van der Waals surface area contributed by atoms with Gasteiger partial charge in [-0.2, -0.15) is 0 Å². The predicted octanol–water partition coefficient (Wildman–Crippen LogP) is 1.10. The summed E-state index contributed by atoms with van der Waals surface area (Å²) in [6.45, 7) is 0.207. The summed E-state index contributed by atoms with van der Waals surface area (Å²) < 4.78 is 18.3. The van der Waals surface area contributed by atoms with Crippen molar-refractivity contribution in [3.63, 3.8) is 0 Å². The van der Waals surface area contributed by atoms with Crippen LogP contribution in [0.4, 0.5) is 5.82 Å². The van der Waals surface area contributed by atoms with Gasteiger partial charge in [-0.15, -0.1) is 0 Å². The summed E-state index contributed by atoms with van der Waals surface area (Å²) in [5.74, 6) is 1.87. The van der Waals surface area contributed by atoms with E-state index < -0.39 is 18.4 Å². The molecule has 0 spiro atoms. The fourth-order valence-electron chi connectivity index (χ4n) is 3.51. The van der Waals surface area contributed by atoms with Gasteiger partial charge in [0.25, 0.3) is 0 Å². The van der Waals surface area contributed by atoms with Crippen LogP contribution in [0.1, 0.15) is 18.2 Å². The molecule has 4 rings (SSSR count). The van der Waals surface area contributed by atoms with Crippen LogP contribution in [0.3, 0.4) is 0 Å². The van der Waals surface area contributed by atoms with Gasteiger partial charge in [-0.1, -0.05) is 12.1 Å². The Morgan fingerprint density at radius 1 is 1.24 bits per heavy atom. The molecule has 3 heterocycles. The van der Waals surface area contributed by atoms with E-state index in [1.54, 1.807) is 25.1 Å². The van der Waals surface area contributed by atoms with Gasteiger partial charge in [-0.3, -0.25) is 4.57 Å². The van der Waals surface area contributed by atoms with Crippen LogP contribution in [0.15, 0.2) is 30.9 Å². The number of ether oxygens (including phenoxy) is 3. The molecule has 0 amide bonds. The molecule has 29 heavy (non-hydrogen) atoms. The zero-order valence-corrected chi connectivity index (χ0v) is 16.1. The summed E-state index contributed by atoms with van der Waals surface area (Å²) in [7, 11) is 3.20. The Bertz CT molecular complexity index is 994. The maximum atomic E-state index is 10.0. The molecular weight excluding hydrogens is 378 g/mol. The number of benzene rings is 1. The highest BCUT2D eigenvalue weighted by molar-refractivity contribution is 5.82. The normalized spacial score (nSPS) is 21.4. The van der Waals surface area contributed by atoms with Gasteiger partial charge in [-0.05, 0) is 6.07 Å². The van der Waals surface area contributed by atoms with Crippen LogP contribution in [-0.4, -0.2) is 62.8 Å². The number of nitrogens with zero attached hydrogens (tertiary/aromatic N) is 4. The molecule has 1 aromatic carbocycles. The molecule has 0 bridgehead atoms. The second kappa shape index (κ2) is 8.19. The number of aliphatic hydroxyl groups is 2. The Morgan fingerprint density at radius 3 is 2.83 bits per heavy atom. The first-order valence-electron chi connectivity index (χ1n) is 9.22. The van der Waals surface area contributed by atoms with Gasteiger partial charge in [-0.25, -0.2) is 15.0 Å². The summed E-state index contributed by atoms with van der Waals surface area (Å²) in [6.07, 6.45) is 1.60. The van der Waals surface area contributed by atoms with Crippen LogP contribution < -0.4 is 14.8 Å². The third kappa shape index (κ3) is 3.57. The van der Waals surface area contributed by atoms with Crippen molar-refractivity contribution >= 4 is 17.0 Å². The van der Waals surface area contributed by atoms with Crippen molar-refractivity contribution in [1.29, 1.82) is 0 Å². The number of para-hydroxylation sites is 1. The number of rotatable bonds is 7. The fraction of sp³-hybridized carbons (Fsp3) is 0.421. The number of imidazole rings is 1. The quantitative estimate of drug-likeness (QED) is 0.534. The summed E-state index contributed by atoms with van der Waals surface area (Å²) in [5, 5.41) is 22.6. The van der Waals surface area contributed by atoms with Gasteiger partial charge in [0, 0.05) is 18.5 Å². The van der Waals surface area contributed by atoms with E-state index in [1.165, 1.54) is 6.33 Å². The summed E-state index contributed by atoms with van der Waals surface area (Å²) in [5.41, 5.74) is 2.07. The Balaban J connectivity index is 1.58. The largest absolute Gasteiger partial charge is 0.493 e. The zero-order chi connectivity index (χ0) is 20.4. The second-order valence-electron chi connectivity index (χ2n) is 6.67. The number of methoxy groups -OCH3 is 2. The van der Waals surface area contributed by atoms with Gasteiger partial charge in [0.05, 0.1) is 33.3 Å². The van der Waals surface area contributed by atoms with Crippen molar-refractivity contribution in [3.05, 3.63) is 36.4 Å². The van der Waals surface area contributed by atoms with Crippen molar-refractivity contribution in [3.8, 4) is 11.5 Å². The van der Waals surface area contributed by atoms with Gasteiger partial charge in [0.15, 0.2) is 28.5 Å². The lowest BCUT2D eigenvalue weighted by Gasteiger charge is -2.14. The highest BCUT2D eigenvalue weighted by atomic mass is 16.5. The van der Waals surface area contributed by atoms with E-state index >= 15 is 0 Å². The third-order valence-corrected chi connectivity index (χ3v) is 4.98. The molecule has 154 valence electrons. The van der Waals surface area contributed by atoms with Crippen LogP contribution in [0.25, 0.3) is 11.2 Å². The van der Waals surface area contributed by atoms with E-state index in [4.69, 9.17) is 14.2 Å². The monoisotopic (exact) mass is 401 g/mol. The van der Waals surface area contributed by atoms with Gasteiger partial charge < -0.3 is 29.7 Å². The average Bonchev–Trinajstić information content (AvgIpc) is 3.34. The van der Waals surface area contributed by atoms with Crippen molar-refractivity contribution in [1.82, 2.24) is 19.5 Å². The Kier molecular flexibility index (Phi) is 5.47. The van der Waals surface area contributed by atoms with Crippen LogP contribution in [0, 0.1) is 0 Å². The molecule has 1 fully saturated rings. The number of anilines is 1. The molecule has 3 N–H and O–H groups in total. The molecule has 1 aliphatic heterocycles. The number of nitrogens with one attached hydrogen (secondary N) is 1. The summed E-state index contributed by atoms with van der Waals surface area (Å²) in [4.78, 5) is 13.0. The molecule has 0 aliphatic carbocycles. The smallest absolute Gasteiger partial charge is 0.167 e. The molecule has 1 saturated heterocycles. The van der Waals surface area contributed by atoms with Crippen LogP contribution >= 0.6 is 0 Å². The van der Waals surface area contributed by atoms with Crippen LogP contribution in [0.5, 0.6) is 11.5 Å². The molecule has 0 saturated carbocycles. The van der Waals surface area contributed by atoms with Crippen LogP contribution in [-0.2, 0) is 11.3 Å². The Labute approximate surface area is 167 Å². The minimum atomic E-state index is -0.734. The van der Waals surface area contributed by atoms with E-state index in [-0.39, 0.29) is 6.61 Å². The standard InChI is InChI=1S/C19H23N5O5/c1-27-13-5-3-4-11(17(13)28-2)7-20-18-16-19(22-9-21-18)24(10-23-16)15-6-12(26)14(8-25)29-15/h3-5,9-10,12,14-15,25-26H,6-8H2,1-2H3,(H,20,21,22)/t12-,14+,15?/m0/s1. The SMILES string of the molecule is COc1cccc(CNc2ncnc3c2ncn3C2C[C@H](O)[C@@H](CO)O2)c1OC. The molecule has 10 nitrogen and oxygen atoms in total. The highest BCUT2D eigenvalue weighted by Crippen LogP contribution is 2.33. The average molecular weight is 401 g/mol. The molecule has 3 aromatic rings. The Hall–Kier alpha value is -2.95. The summed E-state index contributed by atoms with van der Waals surface area (Å²) >= 11 is 0. The lowest BCUT2D eigenvalue weighted by atomic mass is 10.2. The van der Waals surface area contributed by atoms with Crippen molar-refractivity contribution in [2.75, 3.05) is 26.1 Å². The lowest BCUT2D eigenvalue weighted by Crippen LogP contribution is -2.24. The third-order valence-electron chi connectivity index (χ3n) is 4.98. The van der Waals surface area contributed by atoms with Gasteiger partial charge in [0.1, 0.15) is 18.7 Å². The number of aromatic nitrogens is 4. The molecule has 10 heteroatoms. The molecular formula is C19H23N5O5. The Morgan fingerprint density at radius 2 is 2.10 bits per heavy atom. The maximum absolute atomic E-state index is 10.0. The molecule has 1 unspecified atom stereocenters. The zero-order valence-electron chi connectivity index (χ0n) is 16.1. The lowest BCUT2D eigenvalue weighted by molar-refractivity contribution is -0.0432. The van der Waals surface area contributed by atoms with Crippen molar-refractivity contribution < 1.29 is 24.4 Å². The first-order chi connectivity index (χ1) is 14.2. The molecule has 1 aliphatic rings.